The van der Waals surface area contributed by atoms with Crippen molar-refractivity contribution in [1.82, 2.24) is 9.80 Å². The standard InChI is InChI=1S/C19H25F2N3O2/c1-19(22)8-3-2-5-13(19)17(25)23-9-11-24(12-10-23)18(26)16-14(20)6-4-7-15(16)21/h4,6-7,13H,2-3,5,8-12,22H2,1H3. The fourth-order valence-corrected chi connectivity index (χ4v) is 3.97. The molecule has 0 spiro atoms. The zero-order valence-electron chi connectivity index (χ0n) is 15.0. The Balaban J connectivity index is 1.64. The van der Waals surface area contributed by atoms with E-state index in [0.717, 1.165) is 37.8 Å². The maximum atomic E-state index is 13.8. The van der Waals surface area contributed by atoms with Gasteiger partial charge in [0.2, 0.25) is 5.91 Å². The highest BCUT2D eigenvalue weighted by Crippen LogP contribution is 2.33. The lowest BCUT2D eigenvalue weighted by Crippen LogP contribution is -2.57. The summed E-state index contributed by atoms with van der Waals surface area (Å²) in [4.78, 5) is 28.4. The lowest BCUT2D eigenvalue weighted by atomic mass is 9.74. The maximum absolute atomic E-state index is 13.8. The topological polar surface area (TPSA) is 66.6 Å². The van der Waals surface area contributed by atoms with Gasteiger partial charge in [-0.25, -0.2) is 8.78 Å². The van der Waals surface area contributed by atoms with Gasteiger partial charge in [0.1, 0.15) is 17.2 Å². The van der Waals surface area contributed by atoms with Crippen LogP contribution in [-0.2, 0) is 4.79 Å². The van der Waals surface area contributed by atoms with Gasteiger partial charge in [-0.1, -0.05) is 18.9 Å². The van der Waals surface area contributed by atoms with Crippen LogP contribution in [0.2, 0.25) is 0 Å². The molecule has 3 rings (SSSR count). The Hall–Kier alpha value is -2.02. The van der Waals surface area contributed by atoms with E-state index in [1.807, 2.05) is 6.92 Å². The average molecular weight is 365 g/mol. The Morgan fingerprint density at radius 1 is 1.08 bits per heavy atom. The molecule has 5 nitrogen and oxygen atoms in total. The van der Waals surface area contributed by atoms with Crippen LogP contribution in [0, 0.1) is 17.6 Å². The molecular formula is C19H25F2N3O2. The van der Waals surface area contributed by atoms with Gasteiger partial charge in [-0.15, -0.1) is 0 Å². The zero-order valence-corrected chi connectivity index (χ0v) is 15.0. The van der Waals surface area contributed by atoms with Crippen LogP contribution in [0.3, 0.4) is 0 Å². The van der Waals surface area contributed by atoms with Crippen molar-refractivity contribution in [2.75, 3.05) is 26.2 Å². The van der Waals surface area contributed by atoms with E-state index in [9.17, 15) is 18.4 Å². The molecule has 0 aromatic heterocycles. The Morgan fingerprint density at radius 2 is 1.65 bits per heavy atom. The smallest absolute Gasteiger partial charge is 0.259 e. The lowest BCUT2D eigenvalue weighted by molar-refractivity contribution is -0.140. The Kier molecular flexibility index (Phi) is 5.27. The molecule has 1 saturated heterocycles. The minimum atomic E-state index is -0.866. The third kappa shape index (κ3) is 3.58. The molecule has 1 aliphatic carbocycles. The third-order valence-electron chi connectivity index (χ3n) is 5.61. The SMILES string of the molecule is CC1(N)CCCCC1C(=O)N1CCN(C(=O)c2c(F)cccc2F)CC1. The molecule has 142 valence electrons. The number of carbonyl (C=O) groups excluding carboxylic acids is 2. The quantitative estimate of drug-likeness (QED) is 0.873. The fourth-order valence-electron chi connectivity index (χ4n) is 3.97. The first kappa shape index (κ1) is 18.8. The molecule has 2 unspecified atom stereocenters. The van der Waals surface area contributed by atoms with Gasteiger partial charge in [-0.3, -0.25) is 9.59 Å². The largest absolute Gasteiger partial charge is 0.339 e. The molecule has 1 aromatic rings. The highest BCUT2D eigenvalue weighted by atomic mass is 19.1. The molecule has 0 radical (unpaired) electrons. The summed E-state index contributed by atoms with van der Waals surface area (Å²) in [5, 5.41) is 0. The molecule has 2 fully saturated rings. The second-order valence-corrected chi connectivity index (χ2v) is 7.52. The number of hydrogen-bond donors (Lipinski definition) is 1. The van der Waals surface area contributed by atoms with E-state index >= 15 is 0 Å². The number of rotatable bonds is 2. The summed E-state index contributed by atoms with van der Waals surface area (Å²) in [6.45, 7) is 3.15. The van der Waals surface area contributed by atoms with Gasteiger partial charge in [0.25, 0.3) is 5.91 Å². The first-order valence-corrected chi connectivity index (χ1v) is 9.12. The fraction of sp³-hybridized carbons (Fsp3) is 0.579. The van der Waals surface area contributed by atoms with E-state index in [4.69, 9.17) is 5.73 Å². The van der Waals surface area contributed by atoms with Crippen LogP contribution in [0.1, 0.15) is 43.0 Å². The molecule has 7 heteroatoms. The number of nitrogens with zero attached hydrogens (tertiary/aromatic N) is 2. The van der Waals surface area contributed by atoms with E-state index < -0.39 is 28.6 Å². The summed E-state index contributed by atoms with van der Waals surface area (Å²) in [5.41, 5.74) is 5.28. The number of benzene rings is 1. The molecule has 2 N–H and O–H groups in total. The molecule has 1 aromatic carbocycles. The molecule has 1 saturated carbocycles. The molecule has 26 heavy (non-hydrogen) atoms. The van der Waals surface area contributed by atoms with E-state index in [1.54, 1.807) is 4.90 Å². The Morgan fingerprint density at radius 3 is 2.23 bits per heavy atom. The van der Waals surface area contributed by atoms with Gasteiger partial charge < -0.3 is 15.5 Å². The van der Waals surface area contributed by atoms with E-state index in [1.165, 1.54) is 11.0 Å². The van der Waals surface area contributed by atoms with Crippen LogP contribution >= 0.6 is 0 Å². The van der Waals surface area contributed by atoms with Crippen LogP contribution in [0.5, 0.6) is 0 Å². The Labute approximate surface area is 152 Å². The molecule has 1 aliphatic heterocycles. The minimum absolute atomic E-state index is 0.0267. The van der Waals surface area contributed by atoms with Crippen LogP contribution in [0.15, 0.2) is 18.2 Å². The van der Waals surface area contributed by atoms with Gasteiger partial charge in [0.15, 0.2) is 0 Å². The van der Waals surface area contributed by atoms with Crippen molar-refractivity contribution < 1.29 is 18.4 Å². The van der Waals surface area contributed by atoms with E-state index in [-0.39, 0.29) is 24.9 Å². The van der Waals surface area contributed by atoms with E-state index in [2.05, 4.69) is 0 Å². The third-order valence-corrected chi connectivity index (χ3v) is 5.61. The van der Waals surface area contributed by atoms with Crippen molar-refractivity contribution in [3.05, 3.63) is 35.4 Å². The van der Waals surface area contributed by atoms with Crippen molar-refractivity contribution in [1.29, 1.82) is 0 Å². The highest BCUT2D eigenvalue weighted by Gasteiger charge is 2.40. The highest BCUT2D eigenvalue weighted by molar-refractivity contribution is 5.95. The first-order valence-electron chi connectivity index (χ1n) is 9.12. The van der Waals surface area contributed by atoms with Gasteiger partial charge in [0.05, 0.1) is 5.92 Å². The Bertz CT molecular complexity index is 680. The number of halogens is 2. The second kappa shape index (κ2) is 7.31. The summed E-state index contributed by atoms with van der Waals surface area (Å²) >= 11 is 0. The lowest BCUT2D eigenvalue weighted by Gasteiger charge is -2.42. The number of carbonyl (C=O) groups is 2. The second-order valence-electron chi connectivity index (χ2n) is 7.52. The predicted octanol–water partition coefficient (Wildman–Crippen LogP) is 2.16. The van der Waals surface area contributed by atoms with Crippen LogP contribution in [0.25, 0.3) is 0 Å². The number of piperazine rings is 1. The summed E-state index contributed by atoms with van der Waals surface area (Å²) in [7, 11) is 0. The van der Waals surface area contributed by atoms with Crippen molar-refractivity contribution in [2.24, 2.45) is 11.7 Å². The minimum Gasteiger partial charge on any atom is -0.339 e. The number of amides is 2. The molecule has 2 aliphatic rings. The summed E-state index contributed by atoms with van der Waals surface area (Å²) < 4.78 is 27.6. The van der Waals surface area contributed by atoms with Crippen molar-refractivity contribution in [2.45, 2.75) is 38.1 Å². The van der Waals surface area contributed by atoms with Crippen LogP contribution < -0.4 is 5.73 Å². The molecule has 2 amide bonds. The van der Waals surface area contributed by atoms with Gasteiger partial charge >= 0.3 is 0 Å². The molecule has 2 atom stereocenters. The summed E-state index contributed by atoms with van der Waals surface area (Å²) in [5.74, 6) is -2.58. The normalized spacial score (nSPS) is 26.7. The van der Waals surface area contributed by atoms with Crippen LogP contribution in [0.4, 0.5) is 8.78 Å². The van der Waals surface area contributed by atoms with Crippen molar-refractivity contribution >= 4 is 11.8 Å². The van der Waals surface area contributed by atoms with Gasteiger partial charge in [0, 0.05) is 31.7 Å². The average Bonchev–Trinajstić information content (AvgIpc) is 2.60. The van der Waals surface area contributed by atoms with Crippen molar-refractivity contribution in [3.63, 3.8) is 0 Å². The van der Waals surface area contributed by atoms with Crippen molar-refractivity contribution in [3.8, 4) is 0 Å². The van der Waals surface area contributed by atoms with E-state index in [0.29, 0.717) is 13.1 Å². The van der Waals surface area contributed by atoms with Gasteiger partial charge in [-0.05, 0) is 31.9 Å². The van der Waals surface area contributed by atoms with Crippen LogP contribution in [-0.4, -0.2) is 53.3 Å². The predicted molar refractivity (Wildman–Crippen MR) is 93.4 cm³/mol. The van der Waals surface area contributed by atoms with Gasteiger partial charge in [-0.2, -0.15) is 0 Å². The molecular weight excluding hydrogens is 340 g/mol. The number of nitrogens with two attached hydrogens (primary N) is 1. The molecule has 1 heterocycles. The summed E-state index contributed by atoms with van der Waals surface area (Å²) in [6.07, 6.45) is 3.64. The monoisotopic (exact) mass is 365 g/mol. The zero-order chi connectivity index (χ0) is 18.9. The summed E-state index contributed by atoms with van der Waals surface area (Å²) in [6, 6.07) is 3.37. The first-order chi connectivity index (χ1) is 12.3. The maximum Gasteiger partial charge on any atom is 0.259 e. The number of hydrogen-bond acceptors (Lipinski definition) is 3. The molecule has 0 bridgehead atoms.